The van der Waals surface area contributed by atoms with E-state index in [9.17, 15) is 19.2 Å². The Balaban J connectivity index is 1.43. The molecule has 0 saturated carbocycles. The molecular formula is C27H27N5O8. The molecule has 0 bridgehead atoms. The topological polar surface area (TPSA) is 168 Å². The van der Waals surface area contributed by atoms with Crippen LogP contribution in [0.25, 0.3) is 0 Å². The number of esters is 1. The van der Waals surface area contributed by atoms with E-state index in [2.05, 4.69) is 20.9 Å². The van der Waals surface area contributed by atoms with E-state index in [0.29, 0.717) is 22.7 Å². The van der Waals surface area contributed by atoms with Gasteiger partial charge in [-0.25, -0.2) is 9.59 Å². The molecule has 13 nitrogen and oxygen atoms in total. The molecule has 0 saturated heterocycles. The maximum Gasteiger partial charge on any atom is 0.409 e. The first kappa shape index (κ1) is 27.7. The SMILES string of the molecule is CCOC(=O)CCN(Cc1ccc(C(=O)Nc2ccccc2NC(=O)O)nc1)C(=O)Nc1ccc2c(c1)OCO2. The van der Waals surface area contributed by atoms with Crippen LogP contribution in [0.4, 0.5) is 26.7 Å². The zero-order chi connectivity index (χ0) is 28.5. The summed E-state index contributed by atoms with van der Waals surface area (Å²) in [6.07, 6.45) is 0.168. The number of fused-ring (bicyclic) bond motifs is 1. The van der Waals surface area contributed by atoms with E-state index in [-0.39, 0.29) is 50.0 Å². The zero-order valence-electron chi connectivity index (χ0n) is 21.5. The van der Waals surface area contributed by atoms with Crippen LogP contribution in [0, 0.1) is 0 Å². The lowest BCUT2D eigenvalue weighted by Crippen LogP contribution is -2.36. The largest absolute Gasteiger partial charge is 0.466 e. The molecular weight excluding hydrogens is 522 g/mol. The number of nitrogens with zero attached hydrogens (tertiary/aromatic N) is 2. The summed E-state index contributed by atoms with van der Waals surface area (Å²) in [7, 11) is 0. The molecule has 2 aromatic carbocycles. The normalized spacial score (nSPS) is 11.3. The van der Waals surface area contributed by atoms with Crippen molar-refractivity contribution in [3.63, 3.8) is 0 Å². The minimum absolute atomic E-state index is 0.0138. The molecule has 40 heavy (non-hydrogen) atoms. The fraction of sp³-hybridized carbons (Fsp3) is 0.222. The molecule has 0 unspecified atom stereocenters. The third-order valence-electron chi connectivity index (χ3n) is 5.65. The fourth-order valence-electron chi connectivity index (χ4n) is 3.76. The van der Waals surface area contributed by atoms with Gasteiger partial charge in [0.2, 0.25) is 6.79 Å². The van der Waals surface area contributed by atoms with Gasteiger partial charge in [-0.2, -0.15) is 0 Å². The van der Waals surface area contributed by atoms with Gasteiger partial charge in [0.05, 0.1) is 24.4 Å². The number of rotatable bonds is 10. The fourth-order valence-corrected chi connectivity index (χ4v) is 3.76. The number of amides is 4. The summed E-state index contributed by atoms with van der Waals surface area (Å²) in [5, 5.41) is 16.6. The lowest BCUT2D eigenvalue weighted by molar-refractivity contribution is -0.143. The zero-order valence-corrected chi connectivity index (χ0v) is 21.5. The van der Waals surface area contributed by atoms with Gasteiger partial charge in [-0.15, -0.1) is 0 Å². The summed E-state index contributed by atoms with van der Waals surface area (Å²) in [5.74, 6) is 0.0985. The van der Waals surface area contributed by atoms with Crippen LogP contribution in [-0.2, 0) is 16.1 Å². The second kappa shape index (κ2) is 13.0. The highest BCUT2D eigenvalue weighted by Crippen LogP contribution is 2.34. The molecule has 0 radical (unpaired) electrons. The summed E-state index contributed by atoms with van der Waals surface area (Å²) in [5.41, 5.74) is 1.65. The lowest BCUT2D eigenvalue weighted by Gasteiger charge is -2.23. The van der Waals surface area contributed by atoms with Crippen LogP contribution >= 0.6 is 0 Å². The van der Waals surface area contributed by atoms with Crippen molar-refractivity contribution in [2.24, 2.45) is 0 Å². The Kier molecular flexibility index (Phi) is 8.97. The number of urea groups is 1. The predicted molar refractivity (Wildman–Crippen MR) is 144 cm³/mol. The average molecular weight is 550 g/mol. The first-order valence-electron chi connectivity index (χ1n) is 12.3. The molecule has 13 heteroatoms. The first-order valence-corrected chi connectivity index (χ1v) is 12.3. The van der Waals surface area contributed by atoms with E-state index in [1.165, 1.54) is 23.2 Å². The van der Waals surface area contributed by atoms with Crippen molar-refractivity contribution in [3.05, 3.63) is 72.1 Å². The molecule has 0 fully saturated rings. The highest BCUT2D eigenvalue weighted by Gasteiger charge is 2.19. The van der Waals surface area contributed by atoms with Gasteiger partial charge in [0.25, 0.3) is 5.91 Å². The van der Waals surface area contributed by atoms with Crippen molar-refractivity contribution in [2.75, 3.05) is 35.9 Å². The molecule has 0 aliphatic carbocycles. The van der Waals surface area contributed by atoms with Crippen LogP contribution in [0.2, 0.25) is 0 Å². The highest BCUT2D eigenvalue weighted by atomic mass is 16.7. The van der Waals surface area contributed by atoms with Crippen LogP contribution in [0.15, 0.2) is 60.8 Å². The molecule has 0 spiro atoms. The van der Waals surface area contributed by atoms with Crippen molar-refractivity contribution in [2.45, 2.75) is 19.9 Å². The Hall–Kier alpha value is -5.33. The maximum atomic E-state index is 13.1. The first-order chi connectivity index (χ1) is 19.3. The number of benzene rings is 2. The molecule has 1 aromatic heterocycles. The number of hydrogen-bond acceptors (Lipinski definition) is 8. The number of nitrogens with one attached hydrogen (secondary N) is 3. The molecule has 3 aromatic rings. The lowest BCUT2D eigenvalue weighted by atomic mass is 10.2. The van der Waals surface area contributed by atoms with E-state index in [4.69, 9.17) is 19.3 Å². The van der Waals surface area contributed by atoms with Crippen molar-refractivity contribution in [3.8, 4) is 11.5 Å². The van der Waals surface area contributed by atoms with E-state index >= 15 is 0 Å². The second-order valence-corrected chi connectivity index (χ2v) is 8.46. The van der Waals surface area contributed by atoms with Gasteiger partial charge in [-0.1, -0.05) is 18.2 Å². The number of anilines is 3. The van der Waals surface area contributed by atoms with Crippen LogP contribution < -0.4 is 25.4 Å². The summed E-state index contributed by atoms with van der Waals surface area (Å²) < 4.78 is 15.6. The summed E-state index contributed by atoms with van der Waals surface area (Å²) in [6, 6.07) is 14.0. The molecule has 2 heterocycles. The Morgan fingerprint density at radius 2 is 1.73 bits per heavy atom. The monoisotopic (exact) mass is 549 g/mol. The molecule has 4 amide bonds. The van der Waals surface area contributed by atoms with E-state index in [1.54, 1.807) is 49.4 Å². The van der Waals surface area contributed by atoms with Gasteiger partial charge in [0.1, 0.15) is 5.69 Å². The Morgan fingerprint density at radius 1 is 0.975 bits per heavy atom. The minimum atomic E-state index is -1.26. The molecule has 208 valence electrons. The second-order valence-electron chi connectivity index (χ2n) is 8.46. The van der Waals surface area contributed by atoms with Gasteiger partial charge in [-0.3, -0.25) is 19.9 Å². The van der Waals surface area contributed by atoms with Crippen LogP contribution in [0.5, 0.6) is 11.5 Å². The van der Waals surface area contributed by atoms with E-state index in [0.717, 1.165) is 0 Å². The summed E-state index contributed by atoms with van der Waals surface area (Å²) >= 11 is 0. The number of hydrogen-bond donors (Lipinski definition) is 4. The van der Waals surface area contributed by atoms with Crippen molar-refractivity contribution in [1.82, 2.24) is 9.88 Å². The number of para-hydroxylation sites is 2. The maximum absolute atomic E-state index is 13.1. The predicted octanol–water partition coefficient (Wildman–Crippen LogP) is 4.14. The van der Waals surface area contributed by atoms with Gasteiger partial charge in [0, 0.05) is 31.0 Å². The van der Waals surface area contributed by atoms with Crippen molar-refractivity contribution in [1.29, 1.82) is 0 Å². The summed E-state index contributed by atoms with van der Waals surface area (Å²) in [4.78, 5) is 54.4. The van der Waals surface area contributed by atoms with Gasteiger partial charge < -0.3 is 34.9 Å². The van der Waals surface area contributed by atoms with Crippen LogP contribution in [-0.4, -0.2) is 58.9 Å². The molecule has 4 rings (SSSR count). The van der Waals surface area contributed by atoms with Crippen LogP contribution in [0.3, 0.4) is 0 Å². The third-order valence-corrected chi connectivity index (χ3v) is 5.65. The smallest absolute Gasteiger partial charge is 0.409 e. The Morgan fingerprint density at radius 3 is 2.42 bits per heavy atom. The minimum Gasteiger partial charge on any atom is -0.466 e. The Bertz CT molecular complexity index is 1400. The van der Waals surface area contributed by atoms with Gasteiger partial charge >= 0.3 is 18.1 Å². The molecule has 0 atom stereocenters. The standard InChI is InChI=1S/C27H27N5O8/c1-2-38-24(33)11-12-32(26(35)29-18-8-10-22-23(13-18)40-16-39-22)15-17-7-9-21(28-14-17)25(34)30-19-5-3-4-6-20(19)31-27(36)37/h3-10,13-14,31H,2,11-12,15-16H2,1H3,(H,29,35)(H,30,34)(H,36,37). The molecule has 1 aliphatic rings. The number of carbonyl (C=O) groups is 4. The third kappa shape index (κ3) is 7.37. The number of carboxylic acid groups (broad SMARTS) is 1. The average Bonchev–Trinajstić information content (AvgIpc) is 3.40. The van der Waals surface area contributed by atoms with Crippen molar-refractivity contribution >= 4 is 41.1 Å². The Labute approximate surface area is 229 Å². The number of aromatic nitrogens is 1. The summed E-state index contributed by atoms with van der Waals surface area (Å²) in [6.45, 7) is 2.20. The number of carbonyl (C=O) groups excluding carboxylic acids is 3. The van der Waals surface area contributed by atoms with E-state index in [1.807, 2.05) is 0 Å². The highest BCUT2D eigenvalue weighted by molar-refractivity contribution is 6.05. The van der Waals surface area contributed by atoms with Gasteiger partial charge in [-0.05, 0) is 42.8 Å². The van der Waals surface area contributed by atoms with E-state index < -0.39 is 24.0 Å². The molecule has 4 N–H and O–H groups in total. The quantitative estimate of drug-likeness (QED) is 0.272. The van der Waals surface area contributed by atoms with Gasteiger partial charge in [0.15, 0.2) is 11.5 Å². The van der Waals surface area contributed by atoms with Crippen molar-refractivity contribution < 1.29 is 38.5 Å². The van der Waals surface area contributed by atoms with Crippen LogP contribution in [0.1, 0.15) is 29.4 Å². The number of pyridine rings is 1. The number of ether oxygens (including phenoxy) is 3. The molecule has 1 aliphatic heterocycles.